The number of halogens is 2. The first-order valence-corrected chi connectivity index (χ1v) is 10.0. The van der Waals surface area contributed by atoms with Crippen molar-refractivity contribution in [1.29, 1.82) is 0 Å². The van der Waals surface area contributed by atoms with E-state index in [1.54, 1.807) is 11.8 Å². The van der Waals surface area contributed by atoms with Gasteiger partial charge >= 0.3 is 0 Å². The van der Waals surface area contributed by atoms with Crippen LogP contribution in [0.2, 0.25) is 0 Å². The Hall–Kier alpha value is -1.10. The SMILES string of the molecule is O=C(CC1CCCCC1)N1CCSC(c2cc(F)ccc2F)CC1. The maximum Gasteiger partial charge on any atom is 0.222 e. The van der Waals surface area contributed by atoms with E-state index < -0.39 is 5.82 Å². The molecule has 1 saturated heterocycles. The minimum atomic E-state index is -0.401. The van der Waals surface area contributed by atoms with E-state index in [2.05, 4.69) is 0 Å². The molecule has 5 heteroatoms. The highest BCUT2D eigenvalue weighted by Crippen LogP contribution is 2.36. The fourth-order valence-electron chi connectivity index (χ4n) is 3.80. The van der Waals surface area contributed by atoms with Crippen molar-refractivity contribution in [3.8, 4) is 0 Å². The van der Waals surface area contributed by atoms with Crippen molar-refractivity contribution in [3.05, 3.63) is 35.4 Å². The van der Waals surface area contributed by atoms with Gasteiger partial charge in [-0.3, -0.25) is 4.79 Å². The fourth-order valence-corrected chi connectivity index (χ4v) is 5.04. The Morgan fingerprint density at radius 1 is 1.12 bits per heavy atom. The number of carbonyl (C=O) groups excluding carboxylic acids is 1. The molecule has 3 rings (SSSR count). The highest BCUT2D eigenvalue weighted by atomic mass is 32.2. The van der Waals surface area contributed by atoms with Crippen LogP contribution in [0.15, 0.2) is 18.2 Å². The topological polar surface area (TPSA) is 20.3 Å². The summed E-state index contributed by atoms with van der Waals surface area (Å²) >= 11 is 1.63. The fraction of sp³-hybridized carbons (Fsp3) is 0.632. The van der Waals surface area contributed by atoms with Crippen molar-refractivity contribution in [2.24, 2.45) is 5.92 Å². The van der Waals surface area contributed by atoms with Gasteiger partial charge in [0.2, 0.25) is 5.91 Å². The Kier molecular flexibility index (Phi) is 6.14. The molecule has 0 radical (unpaired) electrons. The summed E-state index contributed by atoms with van der Waals surface area (Å²) in [5.74, 6) is 0.802. The molecule has 1 saturated carbocycles. The van der Waals surface area contributed by atoms with E-state index in [9.17, 15) is 13.6 Å². The molecule has 1 unspecified atom stereocenters. The largest absolute Gasteiger partial charge is 0.342 e. The van der Waals surface area contributed by atoms with Gasteiger partial charge in [-0.15, -0.1) is 0 Å². The Morgan fingerprint density at radius 3 is 2.71 bits per heavy atom. The van der Waals surface area contributed by atoms with Crippen LogP contribution in [-0.4, -0.2) is 29.6 Å². The second-order valence-corrected chi connectivity index (χ2v) is 8.21. The number of hydrogen-bond donors (Lipinski definition) is 0. The summed E-state index contributed by atoms with van der Waals surface area (Å²) in [7, 11) is 0. The van der Waals surface area contributed by atoms with Gasteiger partial charge in [0.05, 0.1) is 0 Å². The zero-order chi connectivity index (χ0) is 16.9. The third kappa shape index (κ3) is 4.50. The van der Waals surface area contributed by atoms with Crippen molar-refractivity contribution in [2.75, 3.05) is 18.8 Å². The number of hydrogen-bond acceptors (Lipinski definition) is 2. The average molecular weight is 353 g/mol. The number of rotatable bonds is 3. The second-order valence-electron chi connectivity index (χ2n) is 6.90. The Balaban J connectivity index is 1.58. The van der Waals surface area contributed by atoms with Gasteiger partial charge in [0.15, 0.2) is 0 Å². The van der Waals surface area contributed by atoms with Gasteiger partial charge in [-0.05, 0) is 43.4 Å². The smallest absolute Gasteiger partial charge is 0.222 e. The molecule has 0 N–H and O–H groups in total. The quantitative estimate of drug-likeness (QED) is 0.767. The Labute approximate surface area is 147 Å². The molecular weight excluding hydrogens is 328 g/mol. The van der Waals surface area contributed by atoms with E-state index in [0.29, 0.717) is 37.4 Å². The summed E-state index contributed by atoms with van der Waals surface area (Å²) in [5, 5.41) is -0.0758. The van der Waals surface area contributed by atoms with Crippen molar-refractivity contribution >= 4 is 17.7 Å². The van der Waals surface area contributed by atoms with Crippen molar-refractivity contribution in [1.82, 2.24) is 4.90 Å². The highest BCUT2D eigenvalue weighted by Gasteiger charge is 2.26. The van der Waals surface area contributed by atoms with Gasteiger partial charge in [0.25, 0.3) is 0 Å². The highest BCUT2D eigenvalue weighted by molar-refractivity contribution is 7.99. The summed E-state index contributed by atoms with van der Waals surface area (Å²) in [6, 6.07) is 3.65. The first kappa shape index (κ1) is 17.7. The molecule has 2 aliphatic rings. The molecule has 24 heavy (non-hydrogen) atoms. The molecule has 132 valence electrons. The summed E-state index contributed by atoms with van der Waals surface area (Å²) in [5.41, 5.74) is 0.432. The second kappa shape index (κ2) is 8.32. The van der Waals surface area contributed by atoms with Crippen LogP contribution < -0.4 is 0 Å². The molecule has 0 bridgehead atoms. The lowest BCUT2D eigenvalue weighted by molar-refractivity contribution is -0.132. The van der Waals surface area contributed by atoms with Crippen LogP contribution >= 0.6 is 11.8 Å². The molecule has 0 aromatic heterocycles. The molecule has 2 nitrogen and oxygen atoms in total. The molecule has 1 atom stereocenters. The number of thioether (sulfide) groups is 1. The van der Waals surface area contributed by atoms with Crippen LogP contribution in [0.3, 0.4) is 0 Å². The number of amides is 1. The molecule has 1 aromatic carbocycles. The van der Waals surface area contributed by atoms with E-state index in [1.165, 1.54) is 44.2 Å². The van der Waals surface area contributed by atoms with Gasteiger partial charge < -0.3 is 4.90 Å². The number of carbonyl (C=O) groups is 1. The summed E-state index contributed by atoms with van der Waals surface area (Å²) in [6.45, 7) is 1.35. The van der Waals surface area contributed by atoms with Gasteiger partial charge in [0.1, 0.15) is 11.6 Å². The van der Waals surface area contributed by atoms with Crippen LogP contribution in [0.1, 0.15) is 55.8 Å². The Bertz CT molecular complexity index is 574. The summed E-state index contributed by atoms with van der Waals surface area (Å²) in [6.07, 6.45) is 7.47. The number of nitrogens with zero attached hydrogens (tertiary/aromatic N) is 1. The zero-order valence-electron chi connectivity index (χ0n) is 14.0. The van der Waals surface area contributed by atoms with E-state index in [1.807, 2.05) is 4.90 Å². The lowest BCUT2D eigenvalue weighted by Crippen LogP contribution is -2.34. The maximum absolute atomic E-state index is 14.0. The summed E-state index contributed by atoms with van der Waals surface area (Å²) < 4.78 is 27.4. The van der Waals surface area contributed by atoms with Crippen molar-refractivity contribution in [2.45, 2.75) is 50.2 Å². The molecule has 0 spiro atoms. The van der Waals surface area contributed by atoms with Crippen LogP contribution in [0.4, 0.5) is 8.78 Å². The van der Waals surface area contributed by atoms with Crippen LogP contribution in [0.5, 0.6) is 0 Å². The van der Waals surface area contributed by atoms with Crippen LogP contribution in [-0.2, 0) is 4.79 Å². The average Bonchev–Trinajstić information content (AvgIpc) is 2.84. The predicted molar refractivity (Wildman–Crippen MR) is 93.9 cm³/mol. The van der Waals surface area contributed by atoms with Crippen molar-refractivity contribution < 1.29 is 13.6 Å². The lowest BCUT2D eigenvalue weighted by Gasteiger charge is -2.26. The molecule has 1 amide bonds. The van der Waals surface area contributed by atoms with Gasteiger partial charge in [-0.2, -0.15) is 11.8 Å². The van der Waals surface area contributed by atoms with E-state index in [0.717, 1.165) is 11.8 Å². The zero-order valence-corrected chi connectivity index (χ0v) is 14.8. The van der Waals surface area contributed by atoms with Gasteiger partial charge in [-0.1, -0.05) is 19.3 Å². The molecular formula is C19H25F2NOS. The normalized spacial score (nSPS) is 23.1. The first-order chi connectivity index (χ1) is 11.6. The lowest BCUT2D eigenvalue weighted by atomic mass is 9.86. The maximum atomic E-state index is 14.0. The molecule has 1 aliphatic carbocycles. The van der Waals surface area contributed by atoms with E-state index >= 15 is 0 Å². The third-order valence-electron chi connectivity index (χ3n) is 5.19. The molecule has 1 aromatic rings. The molecule has 2 fully saturated rings. The first-order valence-electron chi connectivity index (χ1n) is 8.98. The van der Waals surface area contributed by atoms with Gasteiger partial charge in [-0.25, -0.2) is 8.78 Å². The minimum Gasteiger partial charge on any atom is -0.342 e. The summed E-state index contributed by atoms with van der Waals surface area (Å²) in [4.78, 5) is 14.5. The van der Waals surface area contributed by atoms with Crippen molar-refractivity contribution in [3.63, 3.8) is 0 Å². The number of benzene rings is 1. The standard InChI is InChI=1S/C19H25F2NOS/c20-15-6-7-17(21)16(13-15)18-8-9-22(10-11-24-18)19(23)12-14-4-2-1-3-5-14/h6-7,13-14,18H,1-5,8-12H2. The minimum absolute atomic E-state index is 0.0758. The predicted octanol–water partition coefficient (Wildman–Crippen LogP) is 4.94. The third-order valence-corrected chi connectivity index (χ3v) is 6.50. The molecule has 1 heterocycles. The van der Waals surface area contributed by atoms with Gasteiger partial charge in [0, 0.05) is 36.1 Å². The van der Waals surface area contributed by atoms with Crippen LogP contribution in [0.25, 0.3) is 0 Å². The van der Waals surface area contributed by atoms with E-state index in [4.69, 9.17) is 0 Å². The Morgan fingerprint density at radius 2 is 1.92 bits per heavy atom. The monoisotopic (exact) mass is 353 g/mol. The molecule has 1 aliphatic heterocycles. The van der Waals surface area contributed by atoms with E-state index in [-0.39, 0.29) is 17.0 Å². The van der Waals surface area contributed by atoms with Crippen LogP contribution in [0, 0.1) is 17.6 Å².